The van der Waals surface area contributed by atoms with Crippen molar-refractivity contribution in [3.05, 3.63) is 52.8 Å². The Labute approximate surface area is 165 Å². The standard InChI is InChI=1S/C21H21F3N4O/c1-3-13-6-4-5-7-16(13)25-18(29)11-28-20-19(12(2)27-28)15(21(22,23)24)10-17(26-20)14-8-9-14/h4-7,10,14H,3,8-9,11H2,1-2H3,(H,25,29). The van der Waals surface area contributed by atoms with Gasteiger partial charge in [0.1, 0.15) is 6.54 Å². The Morgan fingerprint density at radius 3 is 2.66 bits per heavy atom. The minimum Gasteiger partial charge on any atom is -0.324 e. The zero-order chi connectivity index (χ0) is 20.8. The highest BCUT2D eigenvalue weighted by atomic mass is 19.4. The minimum atomic E-state index is -4.51. The molecule has 2 heterocycles. The van der Waals surface area contributed by atoms with Crippen molar-refractivity contribution in [2.75, 3.05) is 5.32 Å². The molecule has 1 aliphatic rings. The Morgan fingerprint density at radius 1 is 1.28 bits per heavy atom. The summed E-state index contributed by atoms with van der Waals surface area (Å²) in [4.78, 5) is 17.0. The van der Waals surface area contributed by atoms with E-state index in [9.17, 15) is 18.0 Å². The average Bonchev–Trinajstić information content (AvgIpc) is 3.47. The first-order chi connectivity index (χ1) is 13.8. The number of aromatic nitrogens is 3. The van der Waals surface area contributed by atoms with Crippen molar-refractivity contribution in [3.8, 4) is 0 Å². The third-order valence-electron chi connectivity index (χ3n) is 5.16. The number of hydrogen-bond acceptors (Lipinski definition) is 3. The van der Waals surface area contributed by atoms with Crippen LogP contribution in [0.25, 0.3) is 11.0 Å². The maximum atomic E-state index is 13.7. The van der Waals surface area contributed by atoms with Crippen LogP contribution in [0.2, 0.25) is 0 Å². The molecule has 1 aromatic carbocycles. The molecule has 1 saturated carbocycles. The molecule has 0 saturated heterocycles. The number of benzene rings is 1. The fourth-order valence-electron chi connectivity index (χ4n) is 3.57. The third-order valence-corrected chi connectivity index (χ3v) is 5.16. The van der Waals surface area contributed by atoms with Gasteiger partial charge in [-0.25, -0.2) is 9.67 Å². The first-order valence-corrected chi connectivity index (χ1v) is 9.61. The summed E-state index contributed by atoms with van der Waals surface area (Å²) in [5.74, 6) is -0.308. The van der Waals surface area contributed by atoms with Gasteiger partial charge in [0.15, 0.2) is 5.65 Å². The molecule has 4 rings (SSSR count). The molecule has 0 radical (unpaired) electrons. The smallest absolute Gasteiger partial charge is 0.324 e. The lowest BCUT2D eigenvalue weighted by Crippen LogP contribution is -2.20. The highest BCUT2D eigenvalue weighted by Crippen LogP contribution is 2.43. The number of pyridine rings is 1. The van der Waals surface area contributed by atoms with Gasteiger partial charge in [0, 0.05) is 17.3 Å². The number of carbonyl (C=O) groups is 1. The first-order valence-electron chi connectivity index (χ1n) is 9.61. The minimum absolute atomic E-state index is 0.0383. The van der Waals surface area contributed by atoms with Gasteiger partial charge in [0.25, 0.3) is 0 Å². The van der Waals surface area contributed by atoms with E-state index < -0.39 is 11.7 Å². The Hall–Kier alpha value is -2.90. The lowest BCUT2D eigenvalue weighted by atomic mass is 10.1. The van der Waals surface area contributed by atoms with Crippen molar-refractivity contribution in [1.82, 2.24) is 14.8 Å². The summed E-state index contributed by atoms with van der Waals surface area (Å²) in [6, 6.07) is 8.56. The maximum absolute atomic E-state index is 13.7. The van der Waals surface area contributed by atoms with Gasteiger partial charge < -0.3 is 5.32 Å². The molecule has 8 heteroatoms. The SMILES string of the molecule is CCc1ccccc1NC(=O)Cn1nc(C)c2c(C(F)(F)F)cc(C3CC3)nc21. The number of alkyl halides is 3. The molecular weight excluding hydrogens is 381 g/mol. The number of hydrogen-bond donors (Lipinski definition) is 1. The summed E-state index contributed by atoms with van der Waals surface area (Å²) in [5.41, 5.74) is 1.68. The number of nitrogens with one attached hydrogen (secondary N) is 1. The van der Waals surface area contributed by atoms with Crippen LogP contribution in [0.3, 0.4) is 0 Å². The summed E-state index contributed by atoms with van der Waals surface area (Å²) in [5, 5.41) is 6.99. The second kappa shape index (κ2) is 7.17. The van der Waals surface area contributed by atoms with Gasteiger partial charge in [0.2, 0.25) is 5.91 Å². The molecule has 0 aliphatic heterocycles. The zero-order valence-corrected chi connectivity index (χ0v) is 16.2. The van der Waals surface area contributed by atoms with Crippen molar-refractivity contribution in [1.29, 1.82) is 0 Å². The molecule has 1 fully saturated rings. The Balaban J connectivity index is 1.71. The lowest BCUT2D eigenvalue weighted by Gasteiger charge is -2.12. The number of aryl methyl sites for hydroxylation is 2. The van der Waals surface area contributed by atoms with Crippen LogP contribution in [0.4, 0.5) is 18.9 Å². The molecule has 152 valence electrons. The van der Waals surface area contributed by atoms with Gasteiger partial charge in [-0.05, 0) is 43.9 Å². The van der Waals surface area contributed by atoms with Crippen LogP contribution < -0.4 is 5.32 Å². The predicted octanol–water partition coefficient (Wildman–Crippen LogP) is 4.84. The van der Waals surface area contributed by atoms with Crippen molar-refractivity contribution in [2.24, 2.45) is 0 Å². The second-order valence-electron chi connectivity index (χ2n) is 7.37. The van der Waals surface area contributed by atoms with Crippen LogP contribution in [-0.2, 0) is 23.9 Å². The number of amides is 1. The van der Waals surface area contributed by atoms with E-state index in [-0.39, 0.29) is 35.1 Å². The quantitative estimate of drug-likeness (QED) is 0.665. The summed E-state index contributed by atoms with van der Waals surface area (Å²) < 4.78 is 42.3. The van der Waals surface area contributed by atoms with E-state index in [4.69, 9.17) is 0 Å². The molecule has 2 aromatic heterocycles. The van der Waals surface area contributed by atoms with E-state index in [1.165, 1.54) is 11.6 Å². The third kappa shape index (κ3) is 3.83. The van der Waals surface area contributed by atoms with Crippen molar-refractivity contribution >= 4 is 22.6 Å². The first kappa shape index (κ1) is 19.4. The van der Waals surface area contributed by atoms with Gasteiger partial charge in [0.05, 0.1) is 16.6 Å². The summed E-state index contributed by atoms with van der Waals surface area (Å²) in [7, 11) is 0. The van der Waals surface area contributed by atoms with E-state index in [1.807, 2.05) is 25.1 Å². The number of para-hydroxylation sites is 1. The molecule has 1 amide bonds. The van der Waals surface area contributed by atoms with E-state index in [1.54, 1.807) is 6.07 Å². The number of halogens is 3. The second-order valence-corrected chi connectivity index (χ2v) is 7.37. The number of rotatable bonds is 5. The molecular formula is C21H21F3N4O. The van der Waals surface area contributed by atoms with Crippen molar-refractivity contribution < 1.29 is 18.0 Å². The molecule has 0 spiro atoms. The van der Waals surface area contributed by atoms with Gasteiger partial charge in [-0.3, -0.25) is 4.79 Å². The van der Waals surface area contributed by atoms with Crippen LogP contribution in [-0.4, -0.2) is 20.7 Å². The topological polar surface area (TPSA) is 59.8 Å². The molecule has 1 N–H and O–H groups in total. The van der Waals surface area contributed by atoms with E-state index in [0.717, 1.165) is 30.9 Å². The van der Waals surface area contributed by atoms with Crippen LogP contribution in [0.5, 0.6) is 0 Å². The number of nitrogens with zero attached hydrogens (tertiary/aromatic N) is 3. The molecule has 1 aliphatic carbocycles. The Kier molecular flexibility index (Phi) is 4.80. The van der Waals surface area contributed by atoms with Crippen molar-refractivity contribution in [2.45, 2.75) is 51.7 Å². The average molecular weight is 402 g/mol. The monoisotopic (exact) mass is 402 g/mol. The number of fused-ring (bicyclic) bond motifs is 1. The van der Waals surface area contributed by atoms with Gasteiger partial charge in [-0.2, -0.15) is 18.3 Å². The highest BCUT2D eigenvalue weighted by molar-refractivity contribution is 5.92. The Bertz CT molecular complexity index is 1080. The number of anilines is 1. The van der Waals surface area contributed by atoms with E-state index in [2.05, 4.69) is 15.4 Å². The zero-order valence-electron chi connectivity index (χ0n) is 16.2. The van der Waals surface area contributed by atoms with E-state index in [0.29, 0.717) is 11.4 Å². The maximum Gasteiger partial charge on any atom is 0.417 e. The molecule has 0 bridgehead atoms. The van der Waals surface area contributed by atoms with Gasteiger partial charge in [-0.1, -0.05) is 25.1 Å². The van der Waals surface area contributed by atoms with Crippen LogP contribution in [0.1, 0.15) is 48.2 Å². The van der Waals surface area contributed by atoms with Crippen LogP contribution in [0, 0.1) is 6.92 Å². The summed E-state index contributed by atoms with van der Waals surface area (Å²) in [6.45, 7) is 3.29. The van der Waals surface area contributed by atoms with Crippen LogP contribution >= 0.6 is 0 Å². The van der Waals surface area contributed by atoms with Gasteiger partial charge in [-0.15, -0.1) is 0 Å². The number of carbonyl (C=O) groups excluding carboxylic acids is 1. The van der Waals surface area contributed by atoms with Crippen LogP contribution in [0.15, 0.2) is 30.3 Å². The van der Waals surface area contributed by atoms with Crippen molar-refractivity contribution in [3.63, 3.8) is 0 Å². The summed E-state index contributed by atoms with van der Waals surface area (Å²) >= 11 is 0. The highest BCUT2D eigenvalue weighted by Gasteiger charge is 2.37. The Morgan fingerprint density at radius 2 is 2.00 bits per heavy atom. The normalized spacial score (nSPS) is 14.4. The van der Waals surface area contributed by atoms with E-state index >= 15 is 0 Å². The fraction of sp³-hybridized carbons (Fsp3) is 0.381. The fourth-order valence-corrected chi connectivity index (χ4v) is 3.57. The molecule has 5 nitrogen and oxygen atoms in total. The van der Waals surface area contributed by atoms with Gasteiger partial charge >= 0.3 is 6.18 Å². The molecule has 0 unspecified atom stereocenters. The summed E-state index contributed by atoms with van der Waals surface area (Å²) in [6.07, 6.45) is -2.10. The predicted molar refractivity (Wildman–Crippen MR) is 104 cm³/mol. The lowest BCUT2D eigenvalue weighted by molar-refractivity contribution is -0.136. The molecule has 0 atom stereocenters. The largest absolute Gasteiger partial charge is 0.417 e. The molecule has 29 heavy (non-hydrogen) atoms. The molecule has 3 aromatic rings.